The van der Waals surface area contributed by atoms with Gasteiger partial charge in [0.15, 0.2) is 0 Å². The van der Waals surface area contributed by atoms with Gasteiger partial charge in [-0.2, -0.15) is 0 Å². The highest BCUT2D eigenvalue weighted by atomic mass is 16.5. The first kappa shape index (κ1) is 22.1. The van der Waals surface area contributed by atoms with Gasteiger partial charge in [-0.3, -0.25) is 9.59 Å². The summed E-state index contributed by atoms with van der Waals surface area (Å²) in [7, 11) is 0. The summed E-state index contributed by atoms with van der Waals surface area (Å²) in [5.41, 5.74) is 8.09. The normalized spacial score (nSPS) is 15.8. The van der Waals surface area contributed by atoms with Crippen molar-refractivity contribution in [2.75, 3.05) is 0 Å². The summed E-state index contributed by atoms with van der Waals surface area (Å²) in [6.45, 7) is 19.8. The van der Waals surface area contributed by atoms with E-state index in [0.29, 0.717) is 11.5 Å². The summed E-state index contributed by atoms with van der Waals surface area (Å²) in [5.74, 6) is 0.633. The molecule has 1 aliphatic rings. The van der Waals surface area contributed by atoms with Crippen molar-refractivity contribution >= 4 is 11.9 Å². The number of carbonyl (C=O) groups excluding carboxylic acids is 2. The summed E-state index contributed by atoms with van der Waals surface area (Å²) in [6, 6.07) is 4.33. The first-order valence-corrected chi connectivity index (χ1v) is 10.4. The number of ether oxygens (including phenoxy) is 2. The molecule has 30 heavy (non-hydrogen) atoms. The van der Waals surface area contributed by atoms with E-state index >= 15 is 0 Å². The van der Waals surface area contributed by atoms with Gasteiger partial charge in [0, 0.05) is 24.7 Å². The number of esters is 2. The highest BCUT2D eigenvalue weighted by molar-refractivity contribution is 5.75. The molecular formula is C26H32O4. The van der Waals surface area contributed by atoms with Crippen LogP contribution in [-0.4, -0.2) is 11.9 Å². The fraction of sp³-hybridized carbons (Fsp3) is 0.462. The summed E-state index contributed by atoms with van der Waals surface area (Å²) in [5, 5.41) is 0. The van der Waals surface area contributed by atoms with E-state index in [0.717, 1.165) is 22.3 Å². The fourth-order valence-corrected chi connectivity index (χ4v) is 5.40. The molecule has 0 fully saturated rings. The Kier molecular flexibility index (Phi) is 5.13. The number of rotatable bonds is 2. The Morgan fingerprint density at radius 3 is 1.30 bits per heavy atom. The van der Waals surface area contributed by atoms with Gasteiger partial charge in [-0.05, 0) is 72.2 Å². The smallest absolute Gasteiger partial charge is 0.308 e. The molecule has 0 radical (unpaired) electrons. The average Bonchev–Trinajstić information content (AvgIpc) is 2.59. The fourth-order valence-electron chi connectivity index (χ4n) is 5.40. The molecule has 0 aromatic heterocycles. The molecule has 2 aromatic rings. The van der Waals surface area contributed by atoms with E-state index in [9.17, 15) is 9.59 Å². The lowest BCUT2D eigenvalue weighted by atomic mass is 9.57. The van der Waals surface area contributed by atoms with Crippen LogP contribution in [0, 0.1) is 27.7 Å². The van der Waals surface area contributed by atoms with Crippen molar-refractivity contribution in [3.05, 3.63) is 56.6 Å². The van der Waals surface area contributed by atoms with Gasteiger partial charge < -0.3 is 9.47 Å². The summed E-state index contributed by atoms with van der Waals surface area (Å²) >= 11 is 0. The third-order valence-electron chi connectivity index (χ3n) is 6.50. The summed E-state index contributed by atoms with van der Waals surface area (Å²) in [6.07, 6.45) is 0. The lowest BCUT2D eigenvalue weighted by molar-refractivity contribution is -0.132. The zero-order valence-corrected chi connectivity index (χ0v) is 19.8. The summed E-state index contributed by atoms with van der Waals surface area (Å²) in [4.78, 5) is 23.5. The standard InChI is InChI=1S/C26H32O4/c1-13-11-19-21(15(3)23(13)29-17(5)27)26(9,10)22-16(4)24(30-18(6)28)14(2)12-20(22)25(19,7)8/h11-12H,1-10H3. The van der Waals surface area contributed by atoms with Crippen LogP contribution in [0.5, 0.6) is 11.5 Å². The SMILES string of the molecule is CC(=O)Oc1c(C)cc2c(c1C)C(C)(C)c1c(cc(C)c(OC(C)=O)c1C)C2(C)C. The van der Waals surface area contributed by atoms with Crippen molar-refractivity contribution in [3.63, 3.8) is 0 Å². The molecule has 4 nitrogen and oxygen atoms in total. The highest BCUT2D eigenvalue weighted by Crippen LogP contribution is 2.55. The molecule has 2 aromatic carbocycles. The Morgan fingerprint density at radius 2 is 1.00 bits per heavy atom. The average molecular weight is 409 g/mol. The highest BCUT2D eigenvalue weighted by Gasteiger charge is 2.45. The van der Waals surface area contributed by atoms with Crippen molar-refractivity contribution < 1.29 is 19.1 Å². The molecule has 0 aliphatic heterocycles. The Morgan fingerprint density at radius 1 is 0.667 bits per heavy atom. The number of carbonyl (C=O) groups is 2. The van der Waals surface area contributed by atoms with E-state index in [2.05, 4.69) is 39.8 Å². The van der Waals surface area contributed by atoms with Gasteiger partial charge in [-0.15, -0.1) is 0 Å². The molecular weight excluding hydrogens is 376 g/mol. The van der Waals surface area contributed by atoms with E-state index in [1.54, 1.807) is 0 Å². The topological polar surface area (TPSA) is 52.6 Å². The second-order valence-electron chi connectivity index (χ2n) is 9.58. The monoisotopic (exact) mass is 408 g/mol. The maximum Gasteiger partial charge on any atom is 0.308 e. The number of fused-ring (bicyclic) bond motifs is 2. The summed E-state index contributed by atoms with van der Waals surface area (Å²) < 4.78 is 11.2. The minimum Gasteiger partial charge on any atom is -0.426 e. The van der Waals surface area contributed by atoms with Gasteiger partial charge >= 0.3 is 11.9 Å². The third-order valence-corrected chi connectivity index (χ3v) is 6.50. The van der Waals surface area contributed by atoms with Crippen molar-refractivity contribution in [1.29, 1.82) is 0 Å². The molecule has 4 heteroatoms. The van der Waals surface area contributed by atoms with Crippen LogP contribution >= 0.6 is 0 Å². The number of benzene rings is 2. The molecule has 0 N–H and O–H groups in total. The molecule has 0 saturated heterocycles. The Hall–Kier alpha value is -2.62. The predicted octanol–water partition coefficient (Wildman–Crippen LogP) is 5.74. The molecule has 1 aliphatic carbocycles. The van der Waals surface area contributed by atoms with Crippen molar-refractivity contribution in [3.8, 4) is 11.5 Å². The van der Waals surface area contributed by atoms with E-state index in [1.807, 2.05) is 27.7 Å². The van der Waals surface area contributed by atoms with Gasteiger partial charge in [0.2, 0.25) is 0 Å². The minimum absolute atomic E-state index is 0.255. The maximum absolute atomic E-state index is 11.7. The largest absolute Gasteiger partial charge is 0.426 e. The van der Waals surface area contributed by atoms with Crippen molar-refractivity contribution in [1.82, 2.24) is 0 Å². The number of aryl methyl sites for hydroxylation is 2. The van der Waals surface area contributed by atoms with Crippen molar-refractivity contribution in [2.45, 2.75) is 80.1 Å². The molecule has 0 unspecified atom stereocenters. The van der Waals surface area contributed by atoms with Crippen LogP contribution in [-0.2, 0) is 20.4 Å². The van der Waals surface area contributed by atoms with Crippen LogP contribution < -0.4 is 9.47 Å². The second kappa shape index (κ2) is 6.97. The Labute approximate surface area is 179 Å². The lowest BCUT2D eigenvalue weighted by Gasteiger charge is -2.46. The van der Waals surface area contributed by atoms with Gasteiger partial charge in [0.25, 0.3) is 0 Å². The van der Waals surface area contributed by atoms with Crippen LogP contribution in [0.4, 0.5) is 0 Å². The molecule has 0 amide bonds. The Balaban J connectivity index is 2.43. The zero-order valence-electron chi connectivity index (χ0n) is 19.8. The number of hydrogen-bond acceptors (Lipinski definition) is 4. The maximum atomic E-state index is 11.7. The van der Waals surface area contributed by atoms with Crippen molar-refractivity contribution in [2.24, 2.45) is 0 Å². The van der Waals surface area contributed by atoms with Crippen LogP contribution in [0.1, 0.15) is 86.1 Å². The number of hydrogen-bond donors (Lipinski definition) is 0. The third kappa shape index (κ3) is 3.13. The lowest BCUT2D eigenvalue weighted by Crippen LogP contribution is -2.38. The second-order valence-corrected chi connectivity index (χ2v) is 9.58. The molecule has 0 bridgehead atoms. The van der Waals surface area contributed by atoms with Crippen LogP contribution in [0.25, 0.3) is 0 Å². The quantitative estimate of drug-likeness (QED) is 0.470. The van der Waals surface area contributed by atoms with E-state index in [-0.39, 0.29) is 22.8 Å². The van der Waals surface area contributed by atoms with Gasteiger partial charge in [-0.25, -0.2) is 0 Å². The van der Waals surface area contributed by atoms with E-state index < -0.39 is 0 Å². The van der Waals surface area contributed by atoms with Gasteiger partial charge in [0.05, 0.1) is 0 Å². The molecule has 3 rings (SSSR count). The molecule has 0 atom stereocenters. The predicted molar refractivity (Wildman–Crippen MR) is 119 cm³/mol. The molecule has 0 heterocycles. The van der Waals surface area contributed by atoms with E-state index in [4.69, 9.17) is 9.47 Å². The Bertz CT molecular complexity index is 1000. The minimum atomic E-state index is -0.362. The van der Waals surface area contributed by atoms with Crippen LogP contribution in [0.2, 0.25) is 0 Å². The van der Waals surface area contributed by atoms with Gasteiger partial charge in [-0.1, -0.05) is 39.8 Å². The molecule has 0 saturated carbocycles. The molecule has 160 valence electrons. The zero-order chi connectivity index (χ0) is 22.8. The van der Waals surface area contributed by atoms with E-state index in [1.165, 1.54) is 36.1 Å². The first-order valence-electron chi connectivity index (χ1n) is 10.4. The van der Waals surface area contributed by atoms with Crippen LogP contribution in [0.3, 0.4) is 0 Å². The van der Waals surface area contributed by atoms with Gasteiger partial charge in [0.1, 0.15) is 11.5 Å². The van der Waals surface area contributed by atoms with Crippen LogP contribution in [0.15, 0.2) is 12.1 Å². The molecule has 0 spiro atoms. The first-order chi connectivity index (χ1) is 13.7.